The molecule has 6 heteroatoms. The largest absolute Gasteiger partial charge is 0.542 e. The van der Waals surface area contributed by atoms with Gasteiger partial charge in [0.25, 0.3) is 9.04 Å². The predicted molar refractivity (Wildman–Crippen MR) is 142 cm³/mol. The maximum Gasteiger partial charge on any atom is 0.338 e. The van der Waals surface area contributed by atoms with Crippen LogP contribution in [0.25, 0.3) is 0 Å². The van der Waals surface area contributed by atoms with Crippen LogP contribution < -0.4 is 9.16 Å². The molecule has 4 aliphatic rings. The van der Waals surface area contributed by atoms with E-state index in [1.807, 2.05) is 18.2 Å². The summed E-state index contributed by atoms with van der Waals surface area (Å²) in [5.41, 5.74) is 4.07. The minimum atomic E-state index is -0.942. The van der Waals surface area contributed by atoms with Crippen molar-refractivity contribution in [3.8, 4) is 11.5 Å². The third-order valence-corrected chi connectivity index (χ3v) is 9.24. The molecule has 36 heavy (non-hydrogen) atoms. The SMILES string of the molecule is CN1CC[C@]23c4c5c(O[Si](C)C)cc(C(C)(C)C)c4O[C@H]2[C@@H](OC(=O)c2ccccc2)C=C[C@H]3[C@H]1C5. The summed E-state index contributed by atoms with van der Waals surface area (Å²) in [6.07, 6.45) is 5.66. The summed E-state index contributed by atoms with van der Waals surface area (Å²) in [5, 5.41) is 0. The summed E-state index contributed by atoms with van der Waals surface area (Å²) in [5.74, 6) is 2.06. The molecule has 0 aromatic heterocycles. The van der Waals surface area contributed by atoms with Crippen molar-refractivity contribution in [1.29, 1.82) is 0 Å². The predicted octanol–water partition coefficient (Wildman–Crippen LogP) is 5.28. The van der Waals surface area contributed by atoms with E-state index in [9.17, 15) is 4.79 Å². The molecule has 1 saturated heterocycles. The molecule has 2 heterocycles. The van der Waals surface area contributed by atoms with E-state index in [-0.39, 0.29) is 22.9 Å². The van der Waals surface area contributed by atoms with E-state index in [2.05, 4.69) is 64.0 Å². The van der Waals surface area contributed by atoms with Crippen molar-refractivity contribution in [2.24, 2.45) is 5.92 Å². The summed E-state index contributed by atoms with van der Waals surface area (Å²) < 4.78 is 19.7. The van der Waals surface area contributed by atoms with Gasteiger partial charge in [0.05, 0.1) is 5.56 Å². The highest BCUT2D eigenvalue weighted by molar-refractivity contribution is 6.49. The van der Waals surface area contributed by atoms with Gasteiger partial charge < -0.3 is 18.8 Å². The fraction of sp³-hybridized carbons (Fsp3) is 0.500. The number of carbonyl (C=O) groups is 1. The van der Waals surface area contributed by atoms with E-state index >= 15 is 0 Å². The van der Waals surface area contributed by atoms with E-state index in [0.717, 1.165) is 30.9 Å². The third kappa shape index (κ3) is 3.41. The average Bonchev–Trinajstić information content (AvgIpc) is 3.17. The molecule has 1 fully saturated rings. The van der Waals surface area contributed by atoms with E-state index in [1.165, 1.54) is 16.7 Å². The second kappa shape index (κ2) is 8.22. The van der Waals surface area contributed by atoms with Crippen molar-refractivity contribution in [1.82, 2.24) is 4.90 Å². The normalized spacial score (nSPS) is 30.1. The number of rotatable bonds is 4. The summed E-state index contributed by atoms with van der Waals surface area (Å²) in [6.45, 7) is 12.1. The quantitative estimate of drug-likeness (QED) is 0.323. The Bertz CT molecular complexity index is 1230. The number of carbonyl (C=O) groups excluding carboxylic acids is 1. The van der Waals surface area contributed by atoms with Gasteiger partial charge in [0.1, 0.15) is 17.6 Å². The lowest BCUT2D eigenvalue weighted by Gasteiger charge is -2.56. The first kappa shape index (κ1) is 23.8. The minimum Gasteiger partial charge on any atom is -0.542 e. The number of piperidine rings is 1. The lowest BCUT2D eigenvalue weighted by Crippen LogP contribution is -2.65. The maximum absolute atomic E-state index is 13.1. The molecule has 2 aromatic rings. The molecule has 0 amide bonds. The monoisotopic (exact) mass is 502 g/mol. The van der Waals surface area contributed by atoms with Gasteiger partial charge in [-0.05, 0) is 69.2 Å². The molecular weight excluding hydrogens is 466 g/mol. The number of likely N-dealkylation sites (tertiary alicyclic amines) is 1. The molecule has 2 aliphatic heterocycles. The molecule has 1 radical (unpaired) electrons. The summed E-state index contributed by atoms with van der Waals surface area (Å²) in [6, 6.07) is 11.9. The molecule has 0 N–H and O–H groups in total. The fourth-order valence-electron chi connectivity index (χ4n) is 7.02. The Labute approximate surface area is 216 Å². The zero-order valence-corrected chi connectivity index (χ0v) is 23.1. The molecule has 0 saturated carbocycles. The van der Waals surface area contributed by atoms with Crippen LogP contribution >= 0.6 is 0 Å². The molecule has 2 aliphatic carbocycles. The molecule has 5 nitrogen and oxygen atoms in total. The number of likely N-dealkylation sites (N-methyl/N-ethyl adjacent to an activating group) is 1. The Balaban J connectivity index is 1.52. The average molecular weight is 503 g/mol. The highest BCUT2D eigenvalue weighted by Crippen LogP contribution is 2.64. The van der Waals surface area contributed by atoms with Gasteiger partial charge in [0, 0.05) is 34.1 Å². The smallest absolute Gasteiger partial charge is 0.338 e. The Morgan fingerprint density at radius 1 is 1.17 bits per heavy atom. The van der Waals surface area contributed by atoms with E-state index < -0.39 is 15.1 Å². The molecule has 2 aromatic carbocycles. The molecule has 0 unspecified atom stereocenters. The molecule has 2 bridgehead atoms. The van der Waals surface area contributed by atoms with Gasteiger partial charge in [-0.3, -0.25) is 0 Å². The Morgan fingerprint density at radius 3 is 2.61 bits per heavy atom. The number of hydrogen-bond acceptors (Lipinski definition) is 5. The van der Waals surface area contributed by atoms with Crippen molar-refractivity contribution >= 4 is 15.0 Å². The van der Waals surface area contributed by atoms with Crippen molar-refractivity contribution in [3.63, 3.8) is 0 Å². The Kier molecular flexibility index (Phi) is 5.43. The van der Waals surface area contributed by atoms with Gasteiger partial charge in [0.2, 0.25) is 0 Å². The topological polar surface area (TPSA) is 48.0 Å². The van der Waals surface area contributed by atoms with Gasteiger partial charge in [-0.1, -0.05) is 45.0 Å². The van der Waals surface area contributed by atoms with E-state index in [4.69, 9.17) is 13.9 Å². The molecule has 1 spiro atoms. The molecular formula is C30H36NO4Si. The van der Waals surface area contributed by atoms with Crippen molar-refractivity contribution < 1.29 is 18.7 Å². The van der Waals surface area contributed by atoms with Gasteiger partial charge in [-0.15, -0.1) is 0 Å². The van der Waals surface area contributed by atoms with Crippen LogP contribution in [0.4, 0.5) is 0 Å². The lowest BCUT2D eigenvalue weighted by molar-refractivity contribution is -0.0556. The van der Waals surface area contributed by atoms with Gasteiger partial charge in [-0.25, -0.2) is 4.79 Å². The van der Waals surface area contributed by atoms with Crippen molar-refractivity contribution in [2.75, 3.05) is 13.6 Å². The first-order chi connectivity index (χ1) is 17.1. The van der Waals surface area contributed by atoms with Crippen molar-refractivity contribution in [3.05, 3.63) is 70.8 Å². The maximum atomic E-state index is 13.1. The number of hydrogen-bond donors (Lipinski definition) is 0. The van der Waals surface area contributed by atoms with Crippen molar-refractivity contribution in [2.45, 2.75) is 75.8 Å². The van der Waals surface area contributed by atoms with Crippen LogP contribution in [-0.4, -0.2) is 51.8 Å². The number of benzene rings is 2. The minimum absolute atomic E-state index is 0.109. The summed E-state index contributed by atoms with van der Waals surface area (Å²) in [4.78, 5) is 15.6. The van der Waals surface area contributed by atoms with Gasteiger partial charge in [0.15, 0.2) is 6.10 Å². The Morgan fingerprint density at radius 2 is 1.92 bits per heavy atom. The van der Waals surface area contributed by atoms with Gasteiger partial charge in [-0.2, -0.15) is 0 Å². The molecule has 6 rings (SSSR count). The highest BCUT2D eigenvalue weighted by Gasteiger charge is 2.65. The second-order valence-corrected chi connectivity index (χ2v) is 14.1. The zero-order chi connectivity index (χ0) is 25.4. The standard InChI is InChI=1S/C30H36NO4Si/c1-29(2,3)21-17-24(35-36(5)6)19-16-22-20-12-13-23(33-28(32)18-10-8-7-9-11-18)27-30(20,14-15-31(22)4)25(19)26(21)34-27/h7-13,17,20,22-23,27H,14-16H2,1-6H3/t20-,22+,23-,27-,30-/m0/s1. The van der Waals surface area contributed by atoms with Crippen LogP contribution in [0.3, 0.4) is 0 Å². The second-order valence-electron chi connectivity index (χ2n) is 12.1. The zero-order valence-electron chi connectivity index (χ0n) is 22.1. The number of esters is 1. The molecule has 189 valence electrons. The van der Waals surface area contributed by atoms with Crippen LogP contribution in [0.15, 0.2) is 48.6 Å². The Hall–Kier alpha value is -2.57. The van der Waals surface area contributed by atoms with Gasteiger partial charge >= 0.3 is 5.97 Å². The lowest BCUT2D eigenvalue weighted by atomic mass is 9.53. The first-order valence-corrected chi connectivity index (χ1v) is 15.5. The van der Waals surface area contributed by atoms with Crippen LogP contribution in [0, 0.1) is 5.92 Å². The third-order valence-electron chi connectivity index (χ3n) is 8.61. The van der Waals surface area contributed by atoms with Crippen LogP contribution in [0.2, 0.25) is 13.1 Å². The van der Waals surface area contributed by atoms with E-state index in [0.29, 0.717) is 17.5 Å². The van der Waals surface area contributed by atoms with Crippen LogP contribution in [0.5, 0.6) is 11.5 Å². The molecule has 5 atom stereocenters. The highest BCUT2D eigenvalue weighted by atomic mass is 28.3. The number of nitrogens with zero attached hydrogens (tertiary/aromatic N) is 1. The van der Waals surface area contributed by atoms with E-state index in [1.54, 1.807) is 12.1 Å². The first-order valence-electron chi connectivity index (χ1n) is 13.1. The summed E-state index contributed by atoms with van der Waals surface area (Å²) >= 11 is 0. The number of ether oxygens (including phenoxy) is 2. The van der Waals surface area contributed by atoms with Crippen LogP contribution in [0.1, 0.15) is 54.2 Å². The van der Waals surface area contributed by atoms with Crippen LogP contribution in [-0.2, 0) is 22.0 Å². The summed E-state index contributed by atoms with van der Waals surface area (Å²) in [7, 11) is 1.30. The fourth-order valence-corrected chi connectivity index (χ4v) is 7.64.